The van der Waals surface area contributed by atoms with Crippen molar-refractivity contribution in [3.8, 4) is 0 Å². The van der Waals surface area contributed by atoms with Gasteiger partial charge in [0.15, 0.2) is 0 Å². The number of hydrogen-bond donors (Lipinski definition) is 2. The largest absolute Gasteiger partial charge is 0.335 e. The summed E-state index contributed by atoms with van der Waals surface area (Å²) in [5.74, 6) is -0.541. The molecule has 25 heavy (non-hydrogen) atoms. The van der Waals surface area contributed by atoms with Crippen molar-refractivity contribution in [3.63, 3.8) is 0 Å². The average molecular weight is 339 g/mol. The van der Waals surface area contributed by atoms with Crippen LogP contribution in [0.5, 0.6) is 0 Å². The monoisotopic (exact) mass is 339 g/mol. The van der Waals surface area contributed by atoms with Gasteiger partial charge in [0, 0.05) is 12.7 Å². The van der Waals surface area contributed by atoms with Gasteiger partial charge in [0.2, 0.25) is 11.8 Å². The predicted molar refractivity (Wildman–Crippen MR) is 100 cm³/mol. The minimum atomic E-state index is -0.779. The predicted octanol–water partition coefficient (Wildman–Crippen LogP) is 2.71. The fourth-order valence-corrected chi connectivity index (χ4v) is 2.52. The summed E-state index contributed by atoms with van der Waals surface area (Å²) in [5, 5.41) is 2.85. The maximum Gasteiger partial charge on any atom is 0.244 e. The number of aryl methyl sites for hydroxylation is 2. The van der Waals surface area contributed by atoms with Crippen LogP contribution in [0, 0.1) is 20.8 Å². The van der Waals surface area contributed by atoms with Crippen LogP contribution in [0.1, 0.15) is 28.3 Å². The molecule has 0 aliphatic rings. The zero-order chi connectivity index (χ0) is 18.6. The molecule has 0 saturated heterocycles. The molecule has 5 nitrogen and oxygen atoms in total. The van der Waals surface area contributed by atoms with E-state index in [2.05, 4.69) is 5.32 Å². The van der Waals surface area contributed by atoms with Gasteiger partial charge in [0.25, 0.3) is 0 Å². The summed E-state index contributed by atoms with van der Waals surface area (Å²) in [6.45, 7) is 5.86. The van der Waals surface area contributed by atoms with Crippen LogP contribution in [-0.4, -0.2) is 30.3 Å². The van der Waals surface area contributed by atoms with Crippen LogP contribution in [0.4, 0.5) is 5.69 Å². The van der Waals surface area contributed by atoms with E-state index in [1.54, 1.807) is 7.05 Å². The molecule has 0 aromatic heterocycles. The summed E-state index contributed by atoms with van der Waals surface area (Å²) in [6, 6.07) is 12.4. The number of likely N-dealkylation sites (N-methyl/N-ethyl adjacent to an activating group) is 1. The molecule has 1 atom stereocenters. The van der Waals surface area contributed by atoms with E-state index in [4.69, 9.17) is 5.73 Å². The van der Waals surface area contributed by atoms with Crippen molar-refractivity contribution < 1.29 is 9.59 Å². The SMILES string of the molecule is Cc1ccc(C(N)C(=O)N(C)CC(=O)Nc2cccc(C)c2C)cc1. The van der Waals surface area contributed by atoms with Crippen LogP contribution in [0.2, 0.25) is 0 Å². The molecule has 2 aromatic carbocycles. The van der Waals surface area contributed by atoms with Crippen molar-refractivity contribution in [2.75, 3.05) is 18.9 Å². The highest BCUT2D eigenvalue weighted by Crippen LogP contribution is 2.18. The average Bonchev–Trinajstić information content (AvgIpc) is 2.58. The Balaban J connectivity index is 1.99. The maximum atomic E-state index is 12.5. The number of amides is 2. The maximum absolute atomic E-state index is 12.5. The van der Waals surface area contributed by atoms with Gasteiger partial charge in [-0.15, -0.1) is 0 Å². The lowest BCUT2D eigenvalue weighted by Gasteiger charge is -2.21. The summed E-state index contributed by atoms with van der Waals surface area (Å²) in [5.41, 5.74) is 10.7. The number of hydrogen-bond acceptors (Lipinski definition) is 3. The van der Waals surface area contributed by atoms with Crippen molar-refractivity contribution in [2.45, 2.75) is 26.8 Å². The van der Waals surface area contributed by atoms with Gasteiger partial charge in [-0.1, -0.05) is 42.0 Å². The van der Waals surface area contributed by atoms with Crippen LogP contribution >= 0.6 is 0 Å². The molecule has 0 aliphatic heterocycles. The van der Waals surface area contributed by atoms with Gasteiger partial charge in [-0.05, 0) is 43.5 Å². The Hall–Kier alpha value is -2.66. The highest BCUT2D eigenvalue weighted by Gasteiger charge is 2.21. The quantitative estimate of drug-likeness (QED) is 0.879. The number of nitrogens with one attached hydrogen (secondary N) is 1. The molecule has 0 bridgehead atoms. The summed E-state index contributed by atoms with van der Waals surface area (Å²) in [4.78, 5) is 26.1. The third-order valence-electron chi connectivity index (χ3n) is 4.34. The zero-order valence-corrected chi connectivity index (χ0v) is 15.2. The van der Waals surface area contributed by atoms with Gasteiger partial charge in [0.05, 0.1) is 6.54 Å². The second-order valence-electron chi connectivity index (χ2n) is 6.38. The van der Waals surface area contributed by atoms with Gasteiger partial charge in [-0.2, -0.15) is 0 Å². The summed E-state index contributed by atoms with van der Waals surface area (Å²) in [6.07, 6.45) is 0. The van der Waals surface area contributed by atoms with Gasteiger partial charge >= 0.3 is 0 Å². The standard InChI is InChI=1S/C20H25N3O2/c1-13-8-10-16(11-9-13)19(21)20(25)23(4)12-18(24)22-17-7-5-6-14(2)15(17)3/h5-11,19H,12,21H2,1-4H3,(H,22,24). The van der Waals surface area contributed by atoms with Gasteiger partial charge < -0.3 is 16.0 Å². The van der Waals surface area contributed by atoms with E-state index >= 15 is 0 Å². The first-order valence-corrected chi connectivity index (χ1v) is 8.22. The molecule has 2 aromatic rings. The molecular formula is C20H25N3O2. The minimum Gasteiger partial charge on any atom is -0.335 e. The lowest BCUT2D eigenvalue weighted by Crippen LogP contribution is -2.40. The second kappa shape index (κ2) is 7.94. The van der Waals surface area contributed by atoms with E-state index in [9.17, 15) is 9.59 Å². The van der Waals surface area contributed by atoms with E-state index in [1.807, 2.05) is 63.2 Å². The summed E-state index contributed by atoms with van der Waals surface area (Å²) in [7, 11) is 1.58. The number of nitrogens with two attached hydrogens (primary N) is 1. The van der Waals surface area contributed by atoms with Crippen molar-refractivity contribution in [1.29, 1.82) is 0 Å². The van der Waals surface area contributed by atoms with Gasteiger partial charge in [-0.25, -0.2) is 0 Å². The Morgan fingerprint density at radius 3 is 2.36 bits per heavy atom. The molecule has 0 fully saturated rings. The lowest BCUT2D eigenvalue weighted by molar-refractivity contribution is -0.134. The molecule has 0 saturated carbocycles. The van der Waals surface area contributed by atoms with Crippen LogP contribution in [0.25, 0.3) is 0 Å². The first-order chi connectivity index (χ1) is 11.8. The molecule has 0 spiro atoms. The Kier molecular flexibility index (Phi) is 5.93. The third kappa shape index (κ3) is 4.67. The normalized spacial score (nSPS) is 11.7. The highest BCUT2D eigenvalue weighted by atomic mass is 16.2. The molecule has 2 rings (SSSR count). The summed E-state index contributed by atoms with van der Waals surface area (Å²) >= 11 is 0. The van der Waals surface area contributed by atoms with Crippen LogP contribution in [0.15, 0.2) is 42.5 Å². The van der Waals surface area contributed by atoms with Crippen molar-refractivity contribution in [1.82, 2.24) is 4.90 Å². The molecule has 132 valence electrons. The number of anilines is 1. The fourth-order valence-electron chi connectivity index (χ4n) is 2.52. The van der Waals surface area contributed by atoms with Crippen molar-refractivity contribution >= 4 is 17.5 Å². The Labute approximate surface area is 148 Å². The number of benzene rings is 2. The molecule has 0 radical (unpaired) electrons. The van der Waals surface area contributed by atoms with E-state index in [-0.39, 0.29) is 18.4 Å². The van der Waals surface area contributed by atoms with Gasteiger partial charge in [0.1, 0.15) is 6.04 Å². The van der Waals surface area contributed by atoms with E-state index < -0.39 is 6.04 Å². The molecule has 0 heterocycles. The minimum absolute atomic E-state index is 0.0498. The van der Waals surface area contributed by atoms with E-state index in [0.29, 0.717) is 0 Å². The highest BCUT2D eigenvalue weighted by molar-refractivity contribution is 5.96. The van der Waals surface area contributed by atoms with Crippen LogP contribution < -0.4 is 11.1 Å². The molecule has 5 heteroatoms. The zero-order valence-electron chi connectivity index (χ0n) is 15.2. The lowest BCUT2D eigenvalue weighted by atomic mass is 10.0. The number of carbonyl (C=O) groups excluding carboxylic acids is 2. The third-order valence-corrected chi connectivity index (χ3v) is 4.34. The topological polar surface area (TPSA) is 75.4 Å². The Morgan fingerprint density at radius 1 is 1.08 bits per heavy atom. The molecular weight excluding hydrogens is 314 g/mol. The fraction of sp³-hybridized carbons (Fsp3) is 0.300. The first kappa shape index (κ1) is 18.7. The number of rotatable bonds is 5. The Morgan fingerprint density at radius 2 is 1.72 bits per heavy atom. The first-order valence-electron chi connectivity index (χ1n) is 8.22. The molecule has 3 N–H and O–H groups in total. The summed E-state index contributed by atoms with van der Waals surface area (Å²) < 4.78 is 0. The second-order valence-corrected chi connectivity index (χ2v) is 6.38. The van der Waals surface area contributed by atoms with Crippen LogP contribution in [-0.2, 0) is 9.59 Å². The molecule has 2 amide bonds. The van der Waals surface area contributed by atoms with Crippen molar-refractivity contribution in [2.24, 2.45) is 5.73 Å². The molecule has 0 aliphatic carbocycles. The Bertz CT molecular complexity index is 769. The van der Waals surface area contributed by atoms with Gasteiger partial charge in [-0.3, -0.25) is 9.59 Å². The molecule has 1 unspecified atom stereocenters. The van der Waals surface area contributed by atoms with Crippen molar-refractivity contribution in [3.05, 3.63) is 64.7 Å². The van der Waals surface area contributed by atoms with Crippen LogP contribution in [0.3, 0.4) is 0 Å². The smallest absolute Gasteiger partial charge is 0.244 e. The van der Waals surface area contributed by atoms with E-state index in [1.165, 1.54) is 4.90 Å². The number of carbonyl (C=O) groups is 2. The number of nitrogens with zero attached hydrogens (tertiary/aromatic N) is 1. The van der Waals surface area contributed by atoms with E-state index in [0.717, 1.165) is 27.9 Å².